The van der Waals surface area contributed by atoms with Crippen molar-refractivity contribution >= 4 is 98.2 Å². The van der Waals surface area contributed by atoms with Crippen LogP contribution < -0.4 is 0 Å². The molecule has 0 radical (unpaired) electrons. The van der Waals surface area contributed by atoms with Crippen LogP contribution in [0.3, 0.4) is 0 Å². The van der Waals surface area contributed by atoms with Crippen molar-refractivity contribution in [2.45, 2.75) is 9.79 Å². The molecule has 0 unspecified atom stereocenters. The lowest BCUT2D eigenvalue weighted by Crippen LogP contribution is -2.08. The third-order valence-corrected chi connectivity index (χ3v) is 13.4. The molecule has 0 bridgehead atoms. The molecular weight excluding hydrogens is 713 g/mol. The number of thiophene rings is 1. The van der Waals surface area contributed by atoms with E-state index in [0.717, 1.165) is 71.1 Å². The number of furan rings is 1. The first kappa shape index (κ1) is 29.7. The number of hydrogen-bond donors (Lipinski definition) is 0. The second-order valence-electron chi connectivity index (χ2n) is 14.1. The third-order valence-electron chi connectivity index (χ3n) is 11.1. The van der Waals surface area contributed by atoms with Gasteiger partial charge in [0.25, 0.3) is 0 Å². The Balaban J connectivity index is 1.14. The van der Waals surface area contributed by atoms with Crippen molar-refractivity contribution in [3.05, 3.63) is 158 Å². The summed E-state index contributed by atoms with van der Waals surface area (Å²) in [6, 6.07) is 56.1. The van der Waals surface area contributed by atoms with Gasteiger partial charge < -0.3 is 4.42 Å². The van der Waals surface area contributed by atoms with Crippen LogP contribution in [0.15, 0.2) is 172 Å². The van der Waals surface area contributed by atoms with Gasteiger partial charge in [-0.05, 0) is 59.7 Å². The van der Waals surface area contributed by atoms with Gasteiger partial charge >= 0.3 is 0 Å². The fraction of sp³-hybridized carbons (Fsp3) is 0. The van der Waals surface area contributed by atoms with Crippen LogP contribution in [0, 0.1) is 0 Å². The minimum absolute atomic E-state index is 0.655. The minimum atomic E-state index is 0.655. The molecule has 5 aromatic heterocycles. The summed E-state index contributed by atoms with van der Waals surface area (Å²) < 4.78 is 13.3. The molecule has 256 valence electrons. The molecule has 1 aliphatic rings. The summed E-state index contributed by atoms with van der Waals surface area (Å²) in [7, 11) is 0. The van der Waals surface area contributed by atoms with Crippen molar-refractivity contribution in [2.24, 2.45) is 0 Å². The van der Waals surface area contributed by atoms with Crippen molar-refractivity contribution in [1.29, 1.82) is 0 Å². The van der Waals surface area contributed by atoms with E-state index in [-0.39, 0.29) is 0 Å². The van der Waals surface area contributed by atoms with Crippen LogP contribution in [-0.4, -0.2) is 19.1 Å². The Morgan fingerprint density at radius 3 is 2.22 bits per heavy atom. The number of para-hydroxylation sites is 4. The van der Waals surface area contributed by atoms with E-state index < -0.39 is 0 Å². The molecular formula is C48H26N4OS2. The molecule has 55 heavy (non-hydrogen) atoms. The second-order valence-corrected chi connectivity index (χ2v) is 16.3. The van der Waals surface area contributed by atoms with Crippen LogP contribution in [0.2, 0.25) is 0 Å². The van der Waals surface area contributed by atoms with Crippen LogP contribution in [0.25, 0.3) is 109 Å². The number of fused-ring (bicyclic) bond motifs is 13. The molecule has 0 saturated carbocycles. The summed E-state index contributed by atoms with van der Waals surface area (Å²) in [5.41, 5.74) is 11.5. The zero-order chi connectivity index (χ0) is 35.8. The highest BCUT2D eigenvalue weighted by atomic mass is 32.2. The highest BCUT2D eigenvalue weighted by Crippen LogP contribution is 2.50. The zero-order valence-corrected chi connectivity index (χ0v) is 30.7. The van der Waals surface area contributed by atoms with Crippen molar-refractivity contribution in [3.8, 4) is 34.0 Å². The third kappa shape index (κ3) is 4.03. The smallest absolute Gasteiger partial charge is 0.237 e. The molecule has 7 aromatic carbocycles. The van der Waals surface area contributed by atoms with Gasteiger partial charge in [0, 0.05) is 52.4 Å². The highest BCUT2D eigenvalue weighted by Gasteiger charge is 2.29. The lowest BCUT2D eigenvalue weighted by atomic mass is 9.97. The van der Waals surface area contributed by atoms with Gasteiger partial charge in [0.15, 0.2) is 0 Å². The molecule has 0 amide bonds. The summed E-state index contributed by atoms with van der Waals surface area (Å²) in [5, 5.41) is 7.01. The van der Waals surface area contributed by atoms with Crippen molar-refractivity contribution in [3.63, 3.8) is 0 Å². The Hall–Kier alpha value is -6.67. The average molecular weight is 739 g/mol. The lowest BCUT2D eigenvalue weighted by Gasteiger charge is -2.20. The molecule has 0 aliphatic carbocycles. The van der Waals surface area contributed by atoms with Crippen LogP contribution in [0.4, 0.5) is 0 Å². The van der Waals surface area contributed by atoms with Gasteiger partial charge in [-0.25, -0.2) is 9.97 Å². The quantitative estimate of drug-likeness (QED) is 0.181. The van der Waals surface area contributed by atoms with Gasteiger partial charge in [-0.15, -0.1) is 11.3 Å². The van der Waals surface area contributed by atoms with E-state index in [4.69, 9.17) is 14.4 Å². The normalized spacial score (nSPS) is 12.7. The Morgan fingerprint density at radius 1 is 0.527 bits per heavy atom. The Labute approximate surface area is 321 Å². The second kappa shape index (κ2) is 10.9. The minimum Gasteiger partial charge on any atom is -0.456 e. The molecule has 5 nitrogen and oxygen atoms in total. The average Bonchev–Trinajstić information content (AvgIpc) is 3.99. The van der Waals surface area contributed by atoms with Crippen LogP contribution >= 0.6 is 23.1 Å². The zero-order valence-electron chi connectivity index (χ0n) is 29.0. The first-order valence-electron chi connectivity index (χ1n) is 18.3. The first-order chi connectivity index (χ1) is 27.3. The summed E-state index contributed by atoms with van der Waals surface area (Å²) >= 11 is 3.60. The standard InChI is InChI=1S/C48H26N4OS2/c1-4-19-34-30(14-1)42-33-18-11-25-40-45(33)51(35-20-5-8-24-39(35)54-40)47(42)52(34)48-49-43(46-44(50-48)32-16-3-7-23-38(32)55-46)28-13-9-12-27(26-28)29-17-10-22-37-41(29)31-15-2-6-21-36(31)53-37/h1-26H. The maximum atomic E-state index is 6.30. The maximum Gasteiger partial charge on any atom is 0.237 e. The number of rotatable bonds is 3. The van der Waals surface area contributed by atoms with Crippen molar-refractivity contribution < 1.29 is 4.42 Å². The fourth-order valence-electron chi connectivity index (χ4n) is 8.85. The van der Waals surface area contributed by atoms with Gasteiger partial charge in [-0.3, -0.25) is 9.13 Å². The first-order valence-corrected chi connectivity index (χ1v) is 20.0. The van der Waals surface area contributed by atoms with E-state index in [2.05, 4.69) is 155 Å². The summed E-state index contributed by atoms with van der Waals surface area (Å²) in [5.74, 6) is 0.655. The Bertz CT molecular complexity index is 3600. The molecule has 13 rings (SSSR count). The predicted molar refractivity (Wildman–Crippen MR) is 228 cm³/mol. The van der Waals surface area contributed by atoms with E-state index >= 15 is 0 Å². The molecule has 0 atom stereocenters. The van der Waals surface area contributed by atoms with Crippen LogP contribution in [-0.2, 0) is 0 Å². The van der Waals surface area contributed by atoms with Gasteiger partial charge in [0.1, 0.15) is 16.8 Å². The van der Waals surface area contributed by atoms with Gasteiger partial charge in [-0.1, -0.05) is 121 Å². The number of benzene rings is 7. The summed E-state index contributed by atoms with van der Waals surface area (Å²) in [4.78, 5) is 13.6. The van der Waals surface area contributed by atoms with Crippen LogP contribution in [0.1, 0.15) is 0 Å². The van der Waals surface area contributed by atoms with Gasteiger partial charge in [0.05, 0.1) is 32.6 Å². The topological polar surface area (TPSA) is 48.8 Å². The number of aromatic nitrogens is 4. The fourth-order valence-corrected chi connectivity index (χ4v) is 11.1. The van der Waals surface area contributed by atoms with E-state index in [9.17, 15) is 0 Å². The SMILES string of the molecule is c1cc(-c2nc(-n3c4ccccc4c4c5cccc6c5n(c43)-c3ccccc3S6)nc3c2sc2ccccc23)cc(-c2cccc3oc4ccccc4c23)c1. The molecule has 0 N–H and O–H groups in total. The van der Waals surface area contributed by atoms with E-state index in [1.807, 2.05) is 23.9 Å². The molecule has 12 aromatic rings. The molecule has 0 spiro atoms. The molecule has 7 heteroatoms. The van der Waals surface area contributed by atoms with Gasteiger partial charge in [-0.2, -0.15) is 0 Å². The molecule has 1 aliphatic heterocycles. The number of hydrogen-bond acceptors (Lipinski definition) is 5. The van der Waals surface area contributed by atoms with Gasteiger partial charge in [0.2, 0.25) is 5.95 Å². The maximum absolute atomic E-state index is 6.30. The number of nitrogens with zero attached hydrogens (tertiary/aromatic N) is 4. The highest BCUT2D eigenvalue weighted by molar-refractivity contribution is 7.99. The lowest BCUT2D eigenvalue weighted by molar-refractivity contribution is 0.669. The van der Waals surface area contributed by atoms with E-state index in [0.29, 0.717) is 5.95 Å². The molecule has 6 heterocycles. The van der Waals surface area contributed by atoms with Crippen molar-refractivity contribution in [1.82, 2.24) is 19.1 Å². The summed E-state index contributed by atoms with van der Waals surface area (Å²) in [6.45, 7) is 0. The largest absolute Gasteiger partial charge is 0.456 e. The predicted octanol–water partition coefficient (Wildman–Crippen LogP) is 13.6. The molecule has 0 fully saturated rings. The van der Waals surface area contributed by atoms with E-state index in [1.165, 1.54) is 41.9 Å². The van der Waals surface area contributed by atoms with Crippen molar-refractivity contribution in [2.75, 3.05) is 0 Å². The molecule has 0 saturated heterocycles. The Morgan fingerprint density at radius 2 is 1.25 bits per heavy atom. The Kier molecular flexibility index (Phi) is 5.92. The monoisotopic (exact) mass is 738 g/mol. The van der Waals surface area contributed by atoms with E-state index in [1.54, 1.807) is 11.3 Å². The summed E-state index contributed by atoms with van der Waals surface area (Å²) in [6.07, 6.45) is 0. The van der Waals surface area contributed by atoms with Crippen LogP contribution in [0.5, 0.6) is 0 Å².